The second kappa shape index (κ2) is 5.53. The Morgan fingerprint density at radius 3 is 2.45 bits per heavy atom. The highest BCUT2D eigenvalue weighted by molar-refractivity contribution is 9.10. The van der Waals surface area contributed by atoms with Crippen LogP contribution in [0, 0.1) is 5.41 Å². The van der Waals surface area contributed by atoms with Crippen LogP contribution in [0.25, 0.3) is 0 Å². The van der Waals surface area contributed by atoms with E-state index in [0.29, 0.717) is 6.42 Å². The van der Waals surface area contributed by atoms with Crippen LogP contribution in [0.15, 0.2) is 28.7 Å². The number of benzene rings is 1. The molecule has 0 radical (unpaired) electrons. The van der Waals surface area contributed by atoms with Gasteiger partial charge in [-0.25, -0.2) is 0 Å². The summed E-state index contributed by atoms with van der Waals surface area (Å²) in [5, 5.41) is 2.52. The summed E-state index contributed by atoms with van der Waals surface area (Å²) in [6, 6.07) is 7.91. The first-order chi connectivity index (χ1) is 9.61. The largest absolute Gasteiger partial charge is 0.296 e. The lowest BCUT2D eigenvalue weighted by atomic mass is 9.64. The van der Waals surface area contributed by atoms with Gasteiger partial charge in [0.25, 0.3) is 0 Å². The lowest BCUT2D eigenvalue weighted by Crippen LogP contribution is -2.52. The van der Waals surface area contributed by atoms with Crippen molar-refractivity contribution in [1.29, 1.82) is 0 Å². The monoisotopic (exact) mass is 353 g/mol. The molecular weight excluding hydrogens is 338 g/mol. The number of carbonyl (C=O) groups is 2. The third kappa shape index (κ3) is 2.53. The molecule has 3 rings (SSSR count). The number of nitrogens with one attached hydrogen (secondary N) is 1. The third-order valence-corrected chi connectivity index (χ3v) is 5.86. The van der Waals surface area contributed by atoms with Gasteiger partial charge in [0, 0.05) is 10.9 Å². The number of amides is 2. The molecule has 106 valence electrons. The first-order valence-corrected chi connectivity index (χ1v) is 8.72. The SMILES string of the molecule is O=C1CC2(CCSCC2)C(c2ccc(Br)cc2)C(=O)N1. The van der Waals surface area contributed by atoms with E-state index < -0.39 is 0 Å². The van der Waals surface area contributed by atoms with Gasteiger partial charge in [0.1, 0.15) is 0 Å². The van der Waals surface area contributed by atoms with Crippen molar-refractivity contribution in [2.75, 3.05) is 11.5 Å². The van der Waals surface area contributed by atoms with E-state index >= 15 is 0 Å². The molecule has 2 saturated heterocycles. The molecule has 2 aliphatic rings. The number of piperidine rings is 1. The minimum absolute atomic E-state index is 0.115. The van der Waals surface area contributed by atoms with Gasteiger partial charge < -0.3 is 0 Å². The third-order valence-electron chi connectivity index (χ3n) is 4.34. The highest BCUT2D eigenvalue weighted by atomic mass is 79.9. The number of hydrogen-bond acceptors (Lipinski definition) is 3. The van der Waals surface area contributed by atoms with Crippen molar-refractivity contribution in [2.45, 2.75) is 25.2 Å². The molecule has 1 spiro atoms. The van der Waals surface area contributed by atoms with Crippen LogP contribution in [-0.4, -0.2) is 23.3 Å². The maximum Gasteiger partial charge on any atom is 0.234 e. The molecule has 1 unspecified atom stereocenters. The summed E-state index contributed by atoms with van der Waals surface area (Å²) in [5.41, 5.74) is 0.837. The van der Waals surface area contributed by atoms with Gasteiger partial charge in [-0.05, 0) is 47.5 Å². The number of imide groups is 1. The summed E-state index contributed by atoms with van der Waals surface area (Å²) in [6.07, 6.45) is 2.36. The maximum atomic E-state index is 12.4. The fourth-order valence-corrected chi connectivity index (χ4v) is 4.93. The zero-order valence-corrected chi connectivity index (χ0v) is 13.4. The summed E-state index contributed by atoms with van der Waals surface area (Å²) in [7, 11) is 0. The molecule has 1 aromatic rings. The second-order valence-electron chi connectivity index (χ2n) is 5.55. The van der Waals surface area contributed by atoms with Crippen LogP contribution in [0.3, 0.4) is 0 Å². The van der Waals surface area contributed by atoms with Gasteiger partial charge in [-0.3, -0.25) is 14.9 Å². The molecule has 0 aliphatic carbocycles. The van der Waals surface area contributed by atoms with E-state index in [1.165, 1.54) is 0 Å². The minimum atomic E-state index is -0.200. The zero-order valence-electron chi connectivity index (χ0n) is 11.0. The number of thioether (sulfide) groups is 1. The lowest BCUT2D eigenvalue weighted by Gasteiger charge is -2.45. The van der Waals surface area contributed by atoms with Crippen LogP contribution in [-0.2, 0) is 9.59 Å². The summed E-state index contributed by atoms with van der Waals surface area (Å²) in [4.78, 5) is 24.2. The van der Waals surface area contributed by atoms with Gasteiger partial charge in [0.2, 0.25) is 11.8 Å². The normalized spacial score (nSPS) is 25.6. The Balaban J connectivity index is 2.01. The predicted molar refractivity (Wildman–Crippen MR) is 83.6 cm³/mol. The Bertz CT molecular complexity index is 537. The van der Waals surface area contributed by atoms with E-state index in [4.69, 9.17) is 0 Å². The van der Waals surface area contributed by atoms with Gasteiger partial charge in [-0.2, -0.15) is 11.8 Å². The summed E-state index contributed by atoms with van der Waals surface area (Å²) < 4.78 is 1.00. The number of halogens is 1. The molecule has 2 amide bonds. The fourth-order valence-electron chi connectivity index (χ4n) is 3.36. The summed E-state index contributed by atoms with van der Waals surface area (Å²) >= 11 is 5.34. The molecule has 2 heterocycles. The highest BCUT2D eigenvalue weighted by Gasteiger charge is 2.49. The number of carbonyl (C=O) groups excluding carboxylic acids is 2. The van der Waals surface area contributed by atoms with Crippen molar-refractivity contribution in [3.05, 3.63) is 34.3 Å². The van der Waals surface area contributed by atoms with Gasteiger partial charge in [0.05, 0.1) is 5.92 Å². The van der Waals surface area contributed by atoms with E-state index in [9.17, 15) is 9.59 Å². The topological polar surface area (TPSA) is 46.2 Å². The zero-order chi connectivity index (χ0) is 14.2. The Labute approximate surface area is 131 Å². The second-order valence-corrected chi connectivity index (χ2v) is 7.69. The first kappa shape index (κ1) is 14.1. The highest BCUT2D eigenvalue weighted by Crippen LogP contribution is 2.50. The molecule has 2 aliphatic heterocycles. The van der Waals surface area contributed by atoms with Crippen LogP contribution < -0.4 is 5.32 Å². The van der Waals surface area contributed by atoms with E-state index in [1.54, 1.807) is 0 Å². The van der Waals surface area contributed by atoms with Crippen LogP contribution in [0.4, 0.5) is 0 Å². The van der Waals surface area contributed by atoms with Gasteiger partial charge >= 0.3 is 0 Å². The predicted octanol–water partition coefficient (Wildman–Crippen LogP) is 3.09. The molecule has 1 N–H and O–H groups in total. The van der Waals surface area contributed by atoms with E-state index in [2.05, 4.69) is 21.2 Å². The molecule has 0 saturated carbocycles. The summed E-state index contributed by atoms with van der Waals surface area (Å²) in [5.74, 6) is 1.63. The Hall–Kier alpha value is -0.810. The van der Waals surface area contributed by atoms with Crippen LogP contribution in [0.5, 0.6) is 0 Å². The molecule has 5 heteroatoms. The van der Waals surface area contributed by atoms with Crippen molar-refractivity contribution >= 4 is 39.5 Å². The van der Waals surface area contributed by atoms with E-state index in [-0.39, 0.29) is 23.1 Å². The Morgan fingerprint density at radius 1 is 1.15 bits per heavy atom. The molecule has 1 atom stereocenters. The van der Waals surface area contributed by atoms with Crippen molar-refractivity contribution in [1.82, 2.24) is 5.32 Å². The maximum absolute atomic E-state index is 12.4. The molecule has 1 aromatic carbocycles. The average Bonchev–Trinajstić information content (AvgIpc) is 2.41. The van der Waals surface area contributed by atoms with Crippen LogP contribution >= 0.6 is 27.7 Å². The molecule has 2 fully saturated rings. The Kier molecular flexibility index (Phi) is 3.91. The van der Waals surface area contributed by atoms with Crippen molar-refractivity contribution in [3.63, 3.8) is 0 Å². The average molecular weight is 354 g/mol. The molecule has 0 aromatic heterocycles. The summed E-state index contributed by atoms with van der Waals surface area (Å²) in [6.45, 7) is 0. The fraction of sp³-hybridized carbons (Fsp3) is 0.467. The minimum Gasteiger partial charge on any atom is -0.296 e. The van der Waals surface area contributed by atoms with Crippen molar-refractivity contribution in [2.24, 2.45) is 5.41 Å². The van der Waals surface area contributed by atoms with Gasteiger partial charge in [-0.1, -0.05) is 28.1 Å². The Morgan fingerprint density at radius 2 is 1.80 bits per heavy atom. The number of rotatable bonds is 1. The molecule has 0 bridgehead atoms. The quantitative estimate of drug-likeness (QED) is 0.789. The lowest BCUT2D eigenvalue weighted by molar-refractivity contribution is -0.140. The van der Waals surface area contributed by atoms with Crippen LogP contribution in [0.2, 0.25) is 0 Å². The van der Waals surface area contributed by atoms with Crippen molar-refractivity contribution in [3.8, 4) is 0 Å². The molecule has 3 nitrogen and oxygen atoms in total. The standard InChI is InChI=1S/C15H16BrNO2S/c16-11-3-1-10(2-4-11)13-14(19)17-12(18)9-15(13)5-7-20-8-6-15/h1-4,13H,5-9H2,(H,17,18,19). The van der Waals surface area contributed by atoms with Gasteiger partial charge in [-0.15, -0.1) is 0 Å². The first-order valence-electron chi connectivity index (χ1n) is 6.78. The molecular formula is C15H16BrNO2S. The van der Waals surface area contributed by atoms with E-state index in [1.807, 2.05) is 36.0 Å². The van der Waals surface area contributed by atoms with E-state index in [0.717, 1.165) is 34.4 Å². The smallest absolute Gasteiger partial charge is 0.234 e. The van der Waals surface area contributed by atoms with Gasteiger partial charge in [0.15, 0.2) is 0 Å². The molecule has 20 heavy (non-hydrogen) atoms. The number of hydrogen-bond donors (Lipinski definition) is 1. The van der Waals surface area contributed by atoms with Crippen molar-refractivity contribution < 1.29 is 9.59 Å². The van der Waals surface area contributed by atoms with Crippen LogP contribution in [0.1, 0.15) is 30.7 Å².